The number of carbonyl (C=O) groups excluding carboxylic acids is 3. The van der Waals surface area contributed by atoms with Crippen molar-refractivity contribution < 1.29 is 24.3 Å². The van der Waals surface area contributed by atoms with Crippen LogP contribution in [0.15, 0.2) is 0 Å². The van der Waals surface area contributed by atoms with Crippen molar-refractivity contribution in [1.29, 1.82) is 0 Å². The number of aliphatic carboxylic acids is 1. The predicted molar refractivity (Wildman–Crippen MR) is 127 cm³/mol. The van der Waals surface area contributed by atoms with Crippen molar-refractivity contribution in [2.75, 3.05) is 12.3 Å². The molecule has 0 aromatic carbocycles. The maximum atomic E-state index is 12.9. The van der Waals surface area contributed by atoms with E-state index >= 15 is 0 Å². The summed E-state index contributed by atoms with van der Waals surface area (Å²) in [6.07, 6.45) is 2.50. The molecule has 0 aromatic rings. The van der Waals surface area contributed by atoms with Crippen LogP contribution in [0, 0.1) is 11.8 Å². The molecule has 0 saturated carbocycles. The molecule has 0 radical (unpaired) electrons. The zero-order chi connectivity index (χ0) is 24.8. The minimum atomic E-state index is -1.16. The first kappa shape index (κ1) is 30.1. The highest BCUT2D eigenvalue weighted by atomic mass is 32.1. The van der Waals surface area contributed by atoms with Crippen LogP contribution < -0.4 is 27.4 Å². The van der Waals surface area contributed by atoms with Crippen molar-refractivity contribution in [2.24, 2.45) is 23.3 Å². The zero-order valence-corrected chi connectivity index (χ0v) is 20.5. The summed E-state index contributed by atoms with van der Waals surface area (Å²) in [5.41, 5.74) is 11.4. The Labute approximate surface area is 196 Å². The summed E-state index contributed by atoms with van der Waals surface area (Å²) < 4.78 is 0. The SMILES string of the molecule is CCC(C)C(NC(=O)C(N)CC(C)C)C(=O)NC(CS)C(=O)NC(CCCCN)C(=O)O. The van der Waals surface area contributed by atoms with Crippen LogP contribution in [-0.2, 0) is 19.2 Å². The van der Waals surface area contributed by atoms with Gasteiger partial charge in [0.15, 0.2) is 0 Å². The first-order valence-corrected chi connectivity index (χ1v) is 11.8. The molecule has 32 heavy (non-hydrogen) atoms. The Kier molecular flexibility index (Phi) is 15.0. The van der Waals surface area contributed by atoms with Gasteiger partial charge in [-0.3, -0.25) is 14.4 Å². The molecule has 0 rings (SSSR count). The van der Waals surface area contributed by atoms with E-state index in [0.29, 0.717) is 32.2 Å². The molecule has 8 N–H and O–H groups in total. The molecule has 0 saturated heterocycles. The lowest BCUT2D eigenvalue weighted by atomic mass is 9.96. The average molecular weight is 476 g/mol. The van der Waals surface area contributed by atoms with Crippen LogP contribution in [0.3, 0.4) is 0 Å². The summed E-state index contributed by atoms with van der Waals surface area (Å²) in [5, 5.41) is 17.1. The maximum Gasteiger partial charge on any atom is 0.326 e. The molecule has 11 heteroatoms. The molecular weight excluding hydrogens is 434 g/mol. The average Bonchev–Trinajstić information content (AvgIpc) is 2.73. The van der Waals surface area contributed by atoms with Crippen molar-refractivity contribution in [3.63, 3.8) is 0 Å². The second-order valence-corrected chi connectivity index (χ2v) is 8.90. The highest BCUT2D eigenvalue weighted by molar-refractivity contribution is 7.80. The fourth-order valence-electron chi connectivity index (χ4n) is 3.06. The number of carboxylic acids is 1. The number of hydrogen-bond donors (Lipinski definition) is 7. The van der Waals surface area contributed by atoms with Gasteiger partial charge < -0.3 is 32.5 Å². The third-order valence-corrected chi connectivity index (χ3v) is 5.60. The first-order chi connectivity index (χ1) is 15.0. The van der Waals surface area contributed by atoms with Crippen LogP contribution >= 0.6 is 12.6 Å². The van der Waals surface area contributed by atoms with Gasteiger partial charge in [0.2, 0.25) is 17.7 Å². The van der Waals surface area contributed by atoms with Gasteiger partial charge in [-0.15, -0.1) is 0 Å². The summed E-state index contributed by atoms with van der Waals surface area (Å²) in [6, 6.07) is -3.79. The fraction of sp³-hybridized carbons (Fsp3) is 0.810. The smallest absolute Gasteiger partial charge is 0.326 e. The van der Waals surface area contributed by atoms with Gasteiger partial charge >= 0.3 is 5.97 Å². The number of nitrogens with one attached hydrogen (secondary N) is 3. The van der Waals surface area contributed by atoms with E-state index in [2.05, 4.69) is 28.6 Å². The minimum absolute atomic E-state index is 0.0409. The molecule has 10 nitrogen and oxygen atoms in total. The van der Waals surface area contributed by atoms with Gasteiger partial charge in [-0.25, -0.2) is 4.79 Å². The Hall–Kier alpha value is -1.85. The van der Waals surface area contributed by atoms with E-state index in [9.17, 15) is 24.3 Å². The van der Waals surface area contributed by atoms with Gasteiger partial charge in [-0.1, -0.05) is 34.1 Å². The van der Waals surface area contributed by atoms with Gasteiger partial charge in [-0.2, -0.15) is 12.6 Å². The van der Waals surface area contributed by atoms with Gasteiger partial charge in [-0.05, 0) is 44.1 Å². The fourth-order valence-corrected chi connectivity index (χ4v) is 3.31. The van der Waals surface area contributed by atoms with Crippen molar-refractivity contribution in [3.8, 4) is 0 Å². The molecule has 5 atom stereocenters. The summed E-state index contributed by atoms with van der Waals surface area (Å²) in [5.74, 6) is -2.83. The topological polar surface area (TPSA) is 177 Å². The molecule has 0 aliphatic heterocycles. The monoisotopic (exact) mass is 475 g/mol. The standard InChI is InChI=1S/C21H41N5O5S/c1-5-13(4)17(26-18(27)14(23)10-12(2)3)20(29)25-16(11-32)19(28)24-15(21(30)31)8-6-7-9-22/h12-17,32H,5-11,22-23H2,1-4H3,(H,24,28)(H,25,29)(H,26,27)(H,30,31). The van der Waals surface area contributed by atoms with E-state index in [1.807, 2.05) is 27.7 Å². The number of rotatable bonds is 16. The molecule has 0 aliphatic carbocycles. The molecule has 3 amide bonds. The Morgan fingerprint density at radius 2 is 1.53 bits per heavy atom. The number of carboxylic acid groups (broad SMARTS) is 1. The highest BCUT2D eigenvalue weighted by Gasteiger charge is 2.32. The molecule has 0 bridgehead atoms. The van der Waals surface area contributed by atoms with Crippen LogP contribution in [-0.4, -0.2) is 65.3 Å². The van der Waals surface area contributed by atoms with Crippen LogP contribution in [0.2, 0.25) is 0 Å². The van der Waals surface area contributed by atoms with E-state index in [1.165, 1.54) is 0 Å². The summed E-state index contributed by atoms with van der Waals surface area (Å²) >= 11 is 4.13. The van der Waals surface area contributed by atoms with Crippen LogP contribution in [0.5, 0.6) is 0 Å². The van der Waals surface area contributed by atoms with Gasteiger partial charge in [0.05, 0.1) is 6.04 Å². The van der Waals surface area contributed by atoms with Gasteiger partial charge in [0.25, 0.3) is 0 Å². The number of amides is 3. The maximum absolute atomic E-state index is 12.9. The number of hydrogen-bond acceptors (Lipinski definition) is 7. The van der Waals surface area contributed by atoms with E-state index < -0.39 is 47.9 Å². The predicted octanol–water partition coefficient (Wildman–Crippen LogP) is 0.00370. The highest BCUT2D eigenvalue weighted by Crippen LogP contribution is 2.11. The molecule has 0 fully saturated rings. The molecule has 0 aliphatic rings. The van der Waals surface area contributed by atoms with Crippen molar-refractivity contribution in [2.45, 2.75) is 84.0 Å². The molecular formula is C21H41N5O5S. The van der Waals surface area contributed by atoms with Crippen molar-refractivity contribution in [3.05, 3.63) is 0 Å². The van der Waals surface area contributed by atoms with Crippen LogP contribution in [0.25, 0.3) is 0 Å². The molecule has 0 aromatic heterocycles. The third-order valence-electron chi connectivity index (χ3n) is 5.23. The van der Waals surface area contributed by atoms with Gasteiger partial charge in [0, 0.05) is 5.75 Å². The molecule has 186 valence electrons. The Morgan fingerprint density at radius 1 is 0.938 bits per heavy atom. The van der Waals surface area contributed by atoms with Crippen molar-refractivity contribution in [1.82, 2.24) is 16.0 Å². The Morgan fingerprint density at radius 3 is 2.00 bits per heavy atom. The normalized spacial score (nSPS) is 15.9. The second kappa shape index (κ2) is 15.9. The lowest BCUT2D eigenvalue weighted by Gasteiger charge is -2.27. The summed E-state index contributed by atoms with van der Waals surface area (Å²) in [7, 11) is 0. The number of thiol groups is 1. The minimum Gasteiger partial charge on any atom is -0.480 e. The quantitative estimate of drug-likeness (QED) is 0.121. The van der Waals surface area contributed by atoms with E-state index in [0.717, 1.165) is 0 Å². The number of nitrogens with two attached hydrogens (primary N) is 2. The van der Waals surface area contributed by atoms with E-state index in [4.69, 9.17) is 11.5 Å². The molecule has 0 spiro atoms. The number of carbonyl (C=O) groups is 4. The lowest BCUT2D eigenvalue weighted by molar-refractivity contribution is -0.142. The van der Waals surface area contributed by atoms with Gasteiger partial charge in [0.1, 0.15) is 18.1 Å². The molecule has 0 heterocycles. The zero-order valence-electron chi connectivity index (χ0n) is 19.6. The third kappa shape index (κ3) is 11.1. The lowest BCUT2D eigenvalue weighted by Crippen LogP contribution is -2.59. The summed E-state index contributed by atoms with van der Waals surface area (Å²) in [6.45, 7) is 8.02. The summed E-state index contributed by atoms with van der Waals surface area (Å²) in [4.78, 5) is 49.4. The first-order valence-electron chi connectivity index (χ1n) is 11.2. The van der Waals surface area contributed by atoms with Crippen molar-refractivity contribution >= 4 is 36.3 Å². The number of unbranched alkanes of at least 4 members (excludes halogenated alkanes) is 1. The van der Waals surface area contributed by atoms with Crippen LogP contribution in [0.1, 0.15) is 59.8 Å². The second-order valence-electron chi connectivity index (χ2n) is 8.54. The van der Waals surface area contributed by atoms with E-state index in [-0.39, 0.29) is 24.0 Å². The molecule has 5 unspecified atom stereocenters. The Bertz CT molecular complexity index is 619. The van der Waals surface area contributed by atoms with Crippen LogP contribution in [0.4, 0.5) is 0 Å². The van der Waals surface area contributed by atoms with E-state index in [1.54, 1.807) is 0 Å². The largest absolute Gasteiger partial charge is 0.480 e. The Balaban J connectivity index is 5.22.